The Balaban J connectivity index is 2.78. The molecule has 1 rings (SSSR count). The molecule has 0 saturated carbocycles. The molecule has 1 aromatic carbocycles. The number of anilines is 1. The predicted octanol–water partition coefficient (Wildman–Crippen LogP) is 3.36. The van der Waals surface area contributed by atoms with Gasteiger partial charge in [0.1, 0.15) is 5.82 Å². The second-order valence-corrected chi connectivity index (χ2v) is 4.05. The number of hydrogen-bond donors (Lipinski definition) is 0. The summed E-state index contributed by atoms with van der Waals surface area (Å²) in [4.78, 5) is 11.9. The zero-order valence-electron chi connectivity index (χ0n) is 10.1. The van der Waals surface area contributed by atoms with Gasteiger partial charge >= 0.3 is 0 Å². The monoisotopic (exact) mass is 240 g/mol. The zero-order chi connectivity index (χ0) is 12.8. The number of nitrogens with zero attached hydrogens (tertiary/aromatic N) is 2. The summed E-state index contributed by atoms with van der Waals surface area (Å²) in [5, 5.41) is 10.6. The van der Waals surface area contributed by atoms with Crippen LogP contribution in [0.1, 0.15) is 26.2 Å². The van der Waals surface area contributed by atoms with Gasteiger partial charge in [-0.05, 0) is 12.5 Å². The summed E-state index contributed by atoms with van der Waals surface area (Å²) >= 11 is 0. The minimum absolute atomic E-state index is 0.206. The van der Waals surface area contributed by atoms with Crippen molar-refractivity contribution in [3.8, 4) is 0 Å². The molecule has 17 heavy (non-hydrogen) atoms. The molecule has 1 aromatic rings. The summed E-state index contributed by atoms with van der Waals surface area (Å²) in [6, 6.07) is 3.65. The standard InChI is InChI=1S/C12H17FN2O2/c1-3-4-5-6-14(2)11-7-10(13)8-12(9-11)15(16)17/h7-9H,3-6H2,1-2H3. The summed E-state index contributed by atoms with van der Waals surface area (Å²) in [5.74, 6) is -0.573. The molecule has 0 fully saturated rings. The highest BCUT2D eigenvalue weighted by atomic mass is 19.1. The fourth-order valence-corrected chi connectivity index (χ4v) is 1.61. The lowest BCUT2D eigenvalue weighted by Gasteiger charge is -2.18. The van der Waals surface area contributed by atoms with Crippen molar-refractivity contribution < 1.29 is 9.31 Å². The molecule has 4 nitrogen and oxygen atoms in total. The Morgan fingerprint density at radius 2 is 2.06 bits per heavy atom. The van der Waals surface area contributed by atoms with Crippen LogP contribution in [0.25, 0.3) is 0 Å². The van der Waals surface area contributed by atoms with E-state index in [0.717, 1.165) is 31.9 Å². The molecule has 0 aliphatic heterocycles. The third-order valence-corrected chi connectivity index (χ3v) is 2.62. The minimum atomic E-state index is -0.577. The largest absolute Gasteiger partial charge is 0.374 e. The van der Waals surface area contributed by atoms with E-state index in [1.54, 1.807) is 0 Å². The lowest BCUT2D eigenvalue weighted by atomic mass is 10.2. The van der Waals surface area contributed by atoms with Crippen molar-refractivity contribution in [2.24, 2.45) is 0 Å². The molecule has 0 N–H and O–H groups in total. The molecule has 94 valence electrons. The molecular formula is C12H17FN2O2. The number of nitro groups is 1. The van der Waals surface area contributed by atoms with E-state index in [0.29, 0.717) is 5.69 Å². The normalized spacial score (nSPS) is 10.3. The fourth-order valence-electron chi connectivity index (χ4n) is 1.61. The maximum absolute atomic E-state index is 13.2. The van der Waals surface area contributed by atoms with Gasteiger partial charge in [0, 0.05) is 25.3 Å². The van der Waals surface area contributed by atoms with E-state index in [-0.39, 0.29) is 5.69 Å². The van der Waals surface area contributed by atoms with Gasteiger partial charge in [0.25, 0.3) is 5.69 Å². The van der Waals surface area contributed by atoms with Crippen molar-refractivity contribution in [2.75, 3.05) is 18.5 Å². The quantitative estimate of drug-likeness (QED) is 0.435. The number of nitro benzene ring substituents is 1. The summed E-state index contributed by atoms with van der Waals surface area (Å²) in [6.07, 6.45) is 3.20. The molecule has 0 heterocycles. The lowest BCUT2D eigenvalue weighted by Crippen LogP contribution is -2.18. The molecule has 0 aromatic heterocycles. The highest BCUT2D eigenvalue weighted by Gasteiger charge is 2.11. The number of non-ortho nitro benzene ring substituents is 1. The van der Waals surface area contributed by atoms with Gasteiger partial charge in [0.05, 0.1) is 11.0 Å². The van der Waals surface area contributed by atoms with Gasteiger partial charge in [-0.3, -0.25) is 10.1 Å². The first kappa shape index (κ1) is 13.4. The maximum atomic E-state index is 13.2. The summed E-state index contributed by atoms with van der Waals surface area (Å²) in [7, 11) is 1.81. The van der Waals surface area contributed by atoms with Crippen LogP contribution in [0.4, 0.5) is 15.8 Å². The summed E-state index contributed by atoms with van der Waals surface area (Å²) in [5.41, 5.74) is 0.343. The smallest absolute Gasteiger partial charge is 0.274 e. The van der Waals surface area contributed by atoms with Crippen LogP contribution in [-0.4, -0.2) is 18.5 Å². The van der Waals surface area contributed by atoms with Gasteiger partial charge in [-0.2, -0.15) is 0 Å². The van der Waals surface area contributed by atoms with Gasteiger partial charge in [0.2, 0.25) is 0 Å². The molecule has 5 heteroatoms. The van der Waals surface area contributed by atoms with Gasteiger partial charge in [-0.25, -0.2) is 4.39 Å². The Morgan fingerprint density at radius 3 is 2.65 bits per heavy atom. The minimum Gasteiger partial charge on any atom is -0.374 e. The number of halogens is 1. The van der Waals surface area contributed by atoms with Crippen molar-refractivity contribution >= 4 is 11.4 Å². The summed E-state index contributed by atoms with van der Waals surface area (Å²) in [6.45, 7) is 2.88. The van der Waals surface area contributed by atoms with E-state index in [1.165, 1.54) is 12.1 Å². The Bertz CT molecular complexity index is 396. The fraction of sp³-hybridized carbons (Fsp3) is 0.500. The first-order chi connectivity index (χ1) is 8.04. The van der Waals surface area contributed by atoms with Gasteiger partial charge in [-0.1, -0.05) is 19.8 Å². The van der Waals surface area contributed by atoms with E-state index in [2.05, 4.69) is 6.92 Å². The van der Waals surface area contributed by atoms with E-state index in [9.17, 15) is 14.5 Å². The highest BCUT2D eigenvalue weighted by molar-refractivity contribution is 5.53. The van der Waals surface area contributed by atoms with Gasteiger partial charge in [-0.15, -0.1) is 0 Å². The van der Waals surface area contributed by atoms with Crippen molar-refractivity contribution in [1.29, 1.82) is 0 Å². The molecule has 0 aliphatic carbocycles. The van der Waals surface area contributed by atoms with Crippen LogP contribution in [0, 0.1) is 15.9 Å². The van der Waals surface area contributed by atoms with E-state index >= 15 is 0 Å². The Hall–Kier alpha value is -1.65. The van der Waals surface area contributed by atoms with E-state index in [1.807, 2.05) is 11.9 Å². The third-order valence-electron chi connectivity index (χ3n) is 2.62. The first-order valence-corrected chi connectivity index (χ1v) is 5.70. The Labute approximate surface area is 100 Å². The lowest BCUT2D eigenvalue weighted by molar-refractivity contribution is -0.385. The van der Waals surface area contributed by atoms with Gasteiger partial charge < -0.3 is 4.90 Å². The SMILES string of the molecule is CCCCCN(C)c1cc(F)cc([N+](=O)[O-])c1. The second kappa shape index (κ2) is 6.18. The van der Waals surface area contributed by atoms with Crippen LogP contribution in [0.2, 0.25) is 0 Å². The van der Waals surface area contributed by atoms with Crippen molar-refractivity contribution in [2.45, 2.75) is 26.2 Å². The predicted molar refractivity (Wildman–Crippen MR) is 65.8 cm³/mol. The van der Waals surface area contributed by atoms with E-state index in [4.69, 9.17) is 0 Å². The third kappa shape index (κ3) is 4.01. The van der Waals surface area contributed by atoms with Crippen LogP contribution in [0.15, 0.2) is 18.2 Å². The van der Waals surface area contributed by atoms with Crippen LogP contribution in [-0.2, 0) is 0 Å². The van der Waals surface area contributed by atoms with Crippen LogP contribution >= 0.6 is 0 Å². The highest BCUT2D eigenvalue weighted by Crippen LogP contribution is 2.22. The number of unbranched alkanes of at least 4 members (excludes halogenated alkanes) is 2. The Morgan fingerprint density at radius 1 is 1.35 bits per heavy atom. The first-order valence-electron chi connectivity index (χ1n) is 5.70. The number of hydrogen-bond acceptors (Lipinski definition) is 3. The van der Waals surface area contributed by atoms with Crippen molar-refractivity contribution in [3.63, 3.8) is 0 Å². The number of rotatable bonds is 6. The topological polar surface area (TPSA) is 46.4 Å². The number of benzene rings is 1. The maximum Gasteiger partial charge on any atom is 0.274 e. The molecule has 0 radical (unpaired) electrons. The average Bonchev–Trinajstić information content (AvgIpc) is 2.28. The Kier molecular flexibility index (Phi) is 4.87. The molecule has 0 saturated heterocycles. The molecule has 0 unspecified atom stereocenters. The second-order valence-electron chi connectivity index (χ2n) is 4.05. The van der Waals surface area contributed by atoms with Crippen molar-refractivity contribution in [3.05, 3.63) is 34.1 Å². The van der Waals surface area contributed by atoms with Crippen LogP contribution in [0.5, 0.6) is 0 Å². The van der Waals surface area contributed by atoms with Crippen LogP contribution < -0.4 is 4.90 Å². The van der Waals surface area contributed by atoms with Crippen molar-refractivity contribution in [1.82, 2.24) is 0 Å². The molecule has 0 bridgehead atoms. The van der Waals surface area contributed by atoms with Crippen LogP contribution in [0.3, 0.4) is 0 Å². The molecule has 0 atom stereocenters. The molecular weight excluding hydrogens is 223 g/mol. The molecule has 0 spiro atoms. The van der Waals surface area contributed by atoms with E-state index < -0.39 is 10.7 Å². The zero-order valence-corrected chi connectivity index (χ0v) is 10.1. The van der Waals surface area contributed by atoms with Gasteiger partial charge in [0.15, 0.2) is 0 Å². The average molecular weight is 240 g/mol. The molecule has 0 aliphatic rings. The molecule has 0 amide bonds. The summed E-state index contributed by atoms with van der Waals surface area (Å²) < 4.78 is 13.2.